The standard InChI is InChI=1S/C14H8FN5O3/c15-7-5-11-10(18-20-19-11)4-6(7)13(21)16-8-2-1-3-9-12(8)23-14(22)17-9/h1-5H,(H,16,21)(H,17,22)(H,18,19,20). The molecule has 0 unspecified atom stereocenters. The van der Waals surface area contributed by atoms with Gasteiger partial charge in [0.15, 0.2) is 5.58 Å². The van der Waals surface area contributed by atoms with Gasteiger partial charge in [-0.15, -0.1) is 0 Å². The maximum atomic E-state index is 14.0. The second-order valence-electron chi connectivity index (χ2n) is 4.80. The summed E-state index contributed by atoms with van der Waals surface area (Å²) in [4.78, 5) is 26.0. The van der Waals surface area contributed by atoms with Crippen LogP contribution in [0.4, 0.5) is 10.1 Å². The van der Waals surface area contributed by atoms with E-state index >= 15 is 0 Å². The van der Waals surface area contributed by atoms with Gasteiger partial charge in [-0.3, -0.25) is 9.78 Å². The summed E-state index contributed by atoms with van der Waals surface area (Å²) in [6.07, 6.45) is 0. The number of rotatable bonds is 2. The SMILES string of the molecule is O=C(Nc1cccc2[nH]c(=O)oc12)c1cc2n[nH]nc2cc1F. The van der Waals surface area contributed by atoms with Crippen molar-refractivity contribution in [2.24, 2.45) is 0 Å². The van der Waals surface area contributed by atoms with Crippen LogP contribution in [0.5, 0.6) is 0 Å². The summed E-state index contributed by atoms with van der Waals surface area (Å²) in [6.45, 7) is 0. The molecule has 0 fully saturated rings. The summed E-state index contributed by atoms with van der Waals surface area (Å²) < 4.78 is 19.0. The van der Waals surface area contributed by atoms with Crippen LogP contribution < -0.4 is 11.1 Å². The first-order valence-corrected chi connectivity index (χ1v) is 6.55. The molecule has 114 valence electrons. The minimum atomic E-state index is -0.730. The van der Waals surface area contributed by atoms with Crippen LogP contribution in [0.1, 0.15) is 10.4 Å². The maximum absolute atomic E-state index is 14.0. The molecule has 3 N–H and O–H groups in total. The molecule has 0 aliphatic carbocycles. The number of para-hydroxylation sites is 1. The number of H-pyrrole nitrogens is 2. The van der Waals surface area contributed by atoms with E-state index in [-0.39, 0.29) is 16.8 Å². The lowest BCUT2D eigenvalue weighted by molar-refractivity contribution is 0.102. The van der Waals surface area contributed by atoms with Gasteiger partial charge >= 0.3 is 5.76 Å². The number of amides is 1. The van der Waals surface area contributed by atoms with Gasteiger partial charge in [0.1, 0.15) is 16.9 Å². The monoisotopic (exact) mass is 313 g/mol. The van der Waals surface area contributed by atoms with Crippen LogP contribution in [-0.2, 0) is 0 Å². The predicted molar refractivity (Wildman–Crippen MR) is 78.6 cm³/mol. The number of anilines is 1. The van der Waals surface area contributed by atoms with E-state index in [0.717, 1.165) is 6.07 Å². The summed E-state index contributed by atoms with van der Waals surface area (Å²) >= 11 is 0. The Morgan fingerprint density at radius 1 is 1.22 bits per heavy atom. The third-order valence-corrected chi connectivity index (χ3v) is 3.34. The number of hydrogen-bond acceptors (Lipinski definition) is 5. The topological polar surface area (TPSA) is 117 Å². The first-order chi connectivity index (χ1) is 11.1. The summed E-state index contributed by atoms with van der Waals surface area (Å²) in [7, 11) is 0. The number of carbonyl (C=O) groups excluding carboxylic acids is 1. The highest BCUT2D eigenvalue weighted by Gasteiger charge is 2.17. The number of nitrogens with one attached hydrogen (secondary N) is 3. The predicted octanol–water partition coefficient (Wildman–Crippen LogP) is 1.78. The Labute approximate surface area is 126 Å². The van der Waals surface area contributed by atoms with E-state index in [9.17, 15) is 14.0 Å². The largest absolute Gasteiger partial charge is 0.417 e. The van der Waals surface area contributed by atoms with Gasteiger partial charge in [-0.1, -0.05) is 6.07 Å². The van der Waals surface area contributed by atoms with E-state index in [2.05, 4.69) is 25.7 Å². The van der Waals surface area contributed by atoms with Crippen LogP contribution >= 0.6 is 0 Å². The van der Waals surface area contributed by atoms with Crippen molar-refractivity contribution in [1.82, 2.24) is 20.4 Å². The number of fused-ring (bicyclic) bond motifs is 2. The summed E-state index contributed by atoms with van der Waals surface area (Å²) in [5.41, 5.74) is 1.36. The van der Waals surface area contributed by atoms with Gasteiger partial charge in [0, 0.05) is 6.07 Å². The smallest absolute Gasteiger partial charge is 0.406 e. The average Bonchev–Trinajstić information content (AvgIpc) is 3.11. The number of aromatic amines is 2. The third-order valence-electron chi connectivity index (χ3n) is 3.34. The molecule has 0 saturated carbocycles. The molecule has 4 aromatic rings. The number of nitrogens with zero attached hydrogens (tertiary/aromatic N) is 2. The second kappa shape index (κ2) is 4.77. The van der Waals surface area contributed by atoms with Gasteiger partial charge in [0.05, 0.1) is 16.8 Å². The highest BCUT2D eigenvalue weighted by atomic mass is 19.1. The Bertz CT molecular complexity index is 1110. The normalized spacial score (nSPS) is 11.2. The van der Waals surface area contributed by atoms with Crippen molar-refractivity contribution in [2.45, 2.75) is 0 Å². The van der Waals surface area contributed by atoms with Crippen LogP contribution in [0.3, 0.4) is 0 Å². The molecule has 2 aromatic carbocycles. The van der Waals surface area contributed by atoms with E-state index in [1.54, 1.807) is 18.2 Å². The zero-order valence-corrected chi connectivity index (χ0v) is 11.4. The molecule has 8 nitrogen and oxygen atoms in total. The lowest BCUT2D eigenvalue weighted by Gasteiger charge is -2.06. The molecule has 0 bridgehead atoms. The van der Waals surface area contributed by atoms with Gasteiger partial charge in [-0.2, -0.15) is 15.4 Å². The van der Waals surface area contributed by atoms with Gasteiger partial charge in [0.2, 0.25) is 0 Å². The van der Waals surface area contributed by atoms with E-state index in [1.807, 2.05) is 0 Å². The molecule has 0 atom stereocenters. The van der Waals surface area contributed by atoms with Crippen LogP contribution in [0, 0.1) is 5.82 Å². The fourth-order valence-electron chi connectivity index (χ4n) is 2.30. The van der Waals surface area contributed by atoms with Crippen LogP contribution in [-0.4, -0.2) is 26.3 Å². The van der Waals surface area contributed by atoms with E-state index in [4.69, 9.17) is 4.42 Å². The number of hydrogen-bond donors (Lipinski definition) is 3. The first kappa shape index (κ1) is 13.2. The highest BCUT2D eigenvalue weighted by molar-refractivity contribution is 6.08. The molecular formula is C14H8FN5O3. The molecular weight excluding hydrogens is 305 g/mol. The van der Waals surface area contributed by atoms with E-state index < -0.39 is 17.5 Å². The molecule has 9 heteroatoms. The Morgan fingerprint density at radius 3 is 2.83 bits per heavy atom. The van der Waals surface area contributed by atoms with Crippen LogP contribution in [0.15, 0.2) is 39.5 Å². The molecule has 0 saturated heterocycles. The van der Waals surface area contributed by atoms with Crippen molar-refractivity contribution in [2.75, 3.05) is 5.32 Å². The molecule has 0 spiro atoms. The van der Waals surface area contributed by atoms with E-state index in [1.165, 1.54) is 6.07 Å². The Kier molecular flexibility index (Phi) is 2.73. The Balaban J connectivity index is 1.75. The Hall–Kier alpha value is -3.49. The number of carbonyl (C=O) groups is 1. The second-order valence-corrected chi connectivity index (χ2v) is 4.80. The number of benzene rings is 2. The molecule has 0 aliphatic rings. The van der Waals surface area contributed by atoms with E-state index in [0.29, 0.717) is 16.6 Å². The molecule has 23 heavy (non-hydrogen) atoms. The van der Waals surface area contributed by atoms with Gasteiger partial charge < -0.3 is 9.73 Å². The first-order valence-electron chi connectivity index (χ1n) is 6.55. The molecule has 0 radical (unpaired) electrons. The van der Waals surface area contributed by atoms with Crippen LogP contribution in [0.25, 0.3) is 22.1 Å². The molecule has 2 aromatic heterocycles. The Morgan fingerprint density at radius 2 is 2.00 bits per heavy atom. The number of oxazole rings is 1. The maximum Gasteiger partial charge on any atom is 0.417 e. The summed E-state index contributed by atoms with van der Waals surface area (Å²) in [5, 5.41) is 12.4. The minimum Gasteiger partial charge on any atom is -0.406 e. The van der Waals surface area contributed by atoms with Gasteiger partial charge in [0.25, 0.3) is 5.91 Å². The van der Waals surface area contributed by atoms with Gasteiger partial charge in [-0.25, -0.2) is 9.18 Å². The molecule has 0 aliphatic heterocycles. The van der Waals surface area contributed by atoms with Crippen molar-refractivity contribution in [3.63, 3.8) is 0 Å². The van der Waals surface area contributed by atoms with Crippen LogP contribution in [0.2, 0.25) is 0 Å². The van der Waals surface area contributed by atoms with Crippen molar-refractivity contribution in [3.8, 4) is 0 Å². The minimum absolute atomic E-state index is 0.189. The highest BCUT2D eigenvalue weighted by Crippen LogP contribution is 2.22. The van der Waals surface area contributed by atoms with Crippen molar-refractivity contribution >= 4 is 33.7 Å². The van der Waals surface area contributed by atoms with Crippen molar-refractivity contribution < 1.29 is 13.6 Å². The molecule has 2 heterocycles. The lowest BCUT2D eigenvalue weighted by atomic mass is 10.1. The zero-order chi connectivity index (χ0) is 16.0. The molecule has 4 rings (SSSR count). The number of aromatic nitrogens is 4. The fraction of sp³-hybridized carbons (Fsp3) is 0. The van der Waals surface area contributed by atoms with Gasteiger partial charge in [-0.05, 0) is 18.2 Å². The quantitative estimate of drug-likeness (QED) is 0.521. The molecule has 1 amide bonds. The van der Waals surface area contributed by atoms with Crippen molar-refractivity contribution in [3.05, 3.63) is 52.3 Å². The fourth-order valence-corrected chi connectivity index (χ4v) is 2.30. The average molecular weight is 313 g/mol. The van der Waals surface area contributed by atoms with Crippen molar-refractivity contribution in [1.29, 1.82) is 0 Å². The third kappa shape index (κ3) is 2.14. The summed E-state index contributed by atoms with van der Waals surface area (Å²) in [6, 6.07) is 7.20. The number of halogens is 1. The zero-order valence-electron chi connectivity index (χ0n) is 11.4. The lowest BCUT2D eigenvalue weighted by Crippen LogP contribution is -2.14. The summed E-state index contributed by atoms with van der Waals surface area (Å²) in [5.74, 6) is -2.06.